The maximum Gasteiger partial charge on any atom is 0.252 e. The number of nitrogens with zero attached hydrogens (tertiary/aromatic N) is 4. The highest BCUT2D eigenvalue weighted by molar-refractivity contribution is 5.98. The van der Waals surface area contributed by atoms with Gasteiger partial charge in [0.1, 0.15) is 0 Å². The molecule has 190 valence electrons. The predicted octanol–water partition coefficient (Wildman–Crippen LogP) is 3.62. The van der Waals surface area contributed by atoms with Crippen molar-refractivity contribution in [2.45, 2.75) is 31.0 Å². The molecule has 2 bridgehead atoms. The van der Waals surface area contributed by atoms with E-state index in [0.717, 1.165) is 30.4 Å². The topological polar surface area (TPSA) is 103 Å². The van der Waals surface area contributed by atoms with Crippen molar-refractivity contribution in [3.8, 4) is 5.75 Å². The summed E-state index contributed by atoms with van der Waals surface area (Å²) in [6.07, 6.45) is 7.56. The number of nitrogens with one attached hydrogen (secondary N) is 2. The van der Waals surface area contributed by atoms with E-state index in [1.54, 1.807) is 54.6 Å². The highest BCUT2D eigenvalue weighted by atomic mass is 19.1. The van der Waals surface area contributed by atoms with Gasteiger partial charge in [-0.05, 0) is 42.7 Å². The van der Waals surface area contributed by atoms with E-state index < -0.39 is 11.9 Å². The van der Waals surface area contributed by atoms with Crippen molar-refractivity contribution in [3.63, 3.8) is 0 Å². The molecular formula is C27H27FN6O3. The van der Waals surface area contributed by atoms with Gasteiger partial charge in [0.05, 0.1) is 37.6 Å². The van der Waals surface area contributed by atoms with Gasteiger partial charge in [-0.15, -0.1) is 0 Å². The van der Waals surface area contributed by atoms with Crippen molar-refractivity contribution in [2.75, 3.05) is 19.0 Å². The lowest BCUT2D eigenvalue weighted by molar-refractivity contribution is 0.0723. The van der Waals surface area contributed by atoms with Crippen molar-refractivity contribution in [3.05, 3.63) is 77.5 Å². The lowest BCUT2D eigenvalue weighted by Gasteiger charge is -2.23. The van der Waals surface area contributed by atoms with Crippen molar-refractivity contribution in [1.29, 1.82) is 0 Å². The molecule has 9 nitrogen and oxygen atoms in total. The summed E-state index contributed by atoms with van der Waals surface area (Å²) >= 11 is 0. The number of aromatic nitrogens is 4. The number of carbonyl (C=O) groups is 1. The second-order valence-corrected chi connectivity index (χ2v) is 9.65. The zero-order chi connectivity index (χ0) is 25.5. The third-order valence-corrected chi connectivity index (χ3v) is 7.20. The molecule has 3 heterocycles. The van der Waals surface area contributed by atoms with Gasteiger partial charge in [-0.25, -0.2) is 14.4 Å². The van der Waals surface area contributed by atoms with Crippen LogP contribution in [0.4, 0.5) is 10.3 Å². The van der Waals surface area contributed by atoms with E-state index in [9.17, 15) is 9.18 Å². The minimum atomic E-state index is -0.611. The van der Waals surface area contributed by atoms with E-state index in [2.05, 4.69) is 25.7 Å². The number of benzene rings is 2. The SMILES string of the molecule is COc1ccc(C(NC(=O)c2ccc3cnc(N[C@H]4C[C@@H]5C[C@H]4CO5)nc3c2)c2cnn(C)c2)cc1F. The second kappa shape index (κ2) is 9.44. The van der Waals surface area contributed by atoms with Crippen LogP contribution in [-0.2, 0) is 11.8 Å². The largest absolute Gasteiger partial charge is 0.494 e. The average molecular weight is 503 g/mol. The van der Waals surface area contributed by atoms with Crippen LogP contribution in [0.25, 0.3) is 10.9 Å². The summed E-state index contributed by atoms with van der Waals surface area (Å²) in [5.41, 5.74) is 2.40. The number of rotatable bonds is 7. The van der Waals surface area contributed by atoms with Gasteiger partial charge < -0.3 is 20.1 Å². The quantitative estimate of drug-likeness (QED) is 0.398. The van der Waals surface area contributed by atoms with Crippen molar-refractivity contribution < 1.29 is 18.7 Å². The molecule has 6 rings (SSSR count). The van der Waals surface area contributed by atoms with E-state index in [1.807, 2.05) is 6.07 Å². The maximum atomic E-state index is 14.5. The molecule has 1 amide bonds. The number of methoxy groups -OCH3 is 1. The van der Waals surface area contributed by atoms with Gasteiger partial charge in [0.25, 0.3) is 5.91 Å². The van der Waals surface area contributed by atoms with Crippen LogP contribution in [0.3, 0.4) is 0 Å². The number of hydrogen-bond acceptors (Lipinski definition) is 7. The molecule has 4 aromatic rings. The van der Waals surface area contributed by atoms with Gasteiger partial charge in [0.15, 0.2) is 11.6 Å². The van der Waals surface area contributed by atoms with Crippen LogP contribution in [0.15, 0.2) is 55.0 Å². The predicted molar refractivity (Wildman–Crippen MR) is 135 cm³/mol. The van der Waals surface area contributed by atoms with Gasteiger partial charge in [0, 0.05) is 47.9 Å². The first-order valence-corrected chi connectivity index (χ1v) is 12.2. The minimum Gasteiger partial charge on any atom is -0.494 e. The Hall–Kier alpha value is -4.05. The molecule has 2 aromatic carbocycles. The fraction of sp³-hybridized carbons (Fsp3) is 0.333. The lowest BCUT2D eigenvalue weighted by Crippen LogP contribution is -2.30. The Morgan fingerprint density at radius 1 is 1.19 bits per heavy atom. The van der Waals surface area contributed by atoms with Gasteiger partial charge >= 0.3 is 0 Å². The minimum absolute atomic E-state index is 0.136. The van der Waals surface area contributed by atoms with E-state index in [4.69, 9.17) is 9.47 Å². The third-order valence-electron chi connectivity index (χ3n) is 7.20. The first-order valence-electron chi connectivity index (χ1n) is 12.2. The summed E-state index contributed by atoms with van der Waals surface area (Å²) in [6.45, 7) is 0.774. The number of hydrogen-bond donors (Lipinski definition) is 2. The Morgan fingerprint density at radius 2 is 2.08 bits per heavy atom. The Morgan fingerprint density at radius 3 is 2.78 bits per heavy atom. The van der Waals surface area contributed by atoms with Crippen LogP contribution in [0.5, 0.6) is 5.75 Å². The highest BCUT2D eigenvalue weighted by Crippen LogP contribution is 2.36. The molecule has 1 saturated heterocycles. The first-order chi connectivity index (χ1) is 18.0. The monoisotopic (exact) mass is 502 g/mol. The van der Waals surface area contributed by atoms with Crippen molar-refractivity contribution >= 4 is 22.8 Å². The summed E-state index contributed by atoms with van der Waals surface area (Å²) in [7, 11) is 3.20. The van der Waals surface area contributed by atoms with Crippen LogP contribution < -0.4 is 15.4 Å². The number of carbonyl (C=O) groups excluding carboxylic acids is 1. The van der Waals surface area contributed by atoms with Crippen LogP contribution in [0.1, 0.15) is 40.4 Å². The summed E-state index contributed by atoms with van der Waals surface area (Å²) < 4.78 is 26.9. The van der Waals surface area contributed by atoms with Gasteiger partial charge in [-0.1, -0.05) is 12.1 Å². The standard InChI is InChI=1S/C27H27FN6O3/c1-34-13-19(12-30-34)25(15-5-6-24(36-2)21(28)8-15)33-26(35)16-3-4-17-11-29-27(31-22(17)9-16)32-23-10-20-7-18(23)14-37-20/h3-6,8-9,11-13,18,20,23,25H,7,10,14H2,1-2H3,(H,33,35)(H,29,31,32)/t18-,20-,23-,25?/m0/s1. The number of aryl methyl sites for hydroxylation is 1. The maximum absolute atomic E-state index is 14.5. The number of amides is 1. The van der Waals surface area contributed by atoms with E-state index in [0.29, 0.717) is 40.7 Å². The smallest absolute Gasteiger partial charge is 0.252 e. The summed E-state index contributed by atoms with van der Waals surface area (Å²) in [5, 5.41) is 11.5. The van der Waals surface area contributed by atoms with Gasteiger partial charge in [-0.3, -0.25) is 9.48 Å². The van der Waals surface area contributed by atoms with Crippen LogP contribution in [0, 0.1) is 11.7 Å². The summed E-state index contributed by atoms with van der Waals surface area (Å²) in [4.78, 5) is 22.5. The summed E-state index contributed by atoms with van der Waals surface area (Å²) in [6, 6.07) is 9.63. The van der Waals surface area contributed by atoms with Gasteiger partial charge in [0.2, 0.25) is 5.95 Å². The van der Waals surface area contributed by atoms with E-state index in [-0.39, 0.29) is 11.7 Å². The fourth-order valence-electron chi connectivity index (χ4n) is 5.26. The molecule has 10 heteroatoms. The molecule has 1 aliphatic carbocycles. The Balaban J connectivity index is 1.26. The molecule has 2 aromatic heterocycles. The molecule has 2 aliphatic rings. The molecule has 1 aliphatic heterocycles. The van der Waals surface area contributed by atoms with Crippen molar-refractivity contribution in [2.24, 2.45) is 13.0 Å². The Kier molecular flexibility index (Phi) is 5.96. The molecule has 37 heavy (non-hydrogen) atoms. The Bertz CT molecular complexity index is 1470. The molecule has 2 fully saturated rings. The fourth-order valence-corrected chi connectivity index (χ4v) is 5.26. The van der Waals surface area contributed by atoms with Gasteiger partial charge in [-0.2, -0.15) is 5.10 Å². The normalized spacial score (nSPS) is 21.2. The highest BCUT2D eigenvalue weighted by Gasteiger charge is 2.41. The molecule has 1 unspecified atom stereocenters. The molecule has 2 N–H and O–H groups in total. The molecule has 4 atom stereocenters. The second-order valence-electron chi connectivity index (χ2n) is 9.65. The number of ether oxygens (including phenoxy) is 2. The number of anilines is 1. The molecule has 0 spiro atoms. The molecule has 1 saturated carbocycles. The lowest BCUT2D eigenvalue weighted by atomic mass is 10.0. The van der Waals surface area contributed by atoms with Crippen molar-refractivity contribution in [1.82, 2.24) is 25.1 Å². The van der Waals surface area contributed by atoms with Crippen LogP contribution >= 0.6 is 0 Å². The first kappa shape index (κ1) is 23.4. The number of fused-ring (bicyclic) bond motifs is 3. The van der Waals surface area contributed by atoms with E-state index >= 15 is 0 Å². The van der Waals surface area contributed by atoms with Crippen LogP contribution in [-0.4, -0.2) is 51.5 Å². The van der Waals surface area contributed by atoms with E-state index in [1.165, 1.54) is 13.2 Å². The zero-order valence-electron chi connectivity index (χ0n) is 20.5. The Labute approximate surface area is 213 Å². The number of halogens is 1. The molecule has 0 radical (unpaired) electrons. The zero-order valence-corrected chi connectivity index (χ0v) is 20.5. The third kappa shape index (κ3) is 4.60. The summed E-state index contributed by atoms with van der Waals surface area (Å²) in [5.74, 6) is 0.340. The average Bonchev–Trinajstić information content (AvgIpc) is 3.64. The van der Waals surface area contributed by atoms with Crippen LogP contribution in [0.2, 0.25) is 0 Å². The molecular weight excluding hydrogens is 475 g/mol.